The van der Waals surface area contributed by atoms with Gasteiger partial charge in [-0.3, -0.25) is 4.79 Å². The van der Waals surface area contributed by atoms with Crippen molar-refractivity contribution < 1.29 is 13.9 Å². The molecule has 2 N–H and O–H groups in total. The number of methoxy groups -OCH3 is 1. The normalized spacial score (nSPS) is 23.1. The average molecular weight is 317 g/mol. The molecule has 2 rings (SSSR count). The Morgan fingerprint density at radius 1 is 1.56 bits per heavy atom. The summed E-state index contributed by atoms with van der Waals surface area (Å²) >= 11 is 3.06. The number of ether oxygens (including phenoxy) is 1. The van der Waals surface area contributed by atoms with Crippen LogP contribution in [0.4, 0.5) is 4.39 Å². The highest BCUT2D eigenvalue weighted by Gasteiger charge is 2.28. The first-order valence-corrected chi connectivity index (χ1v) is 6.40. The molecule has 1 amide bonds. The van der Waals surface area contributed by atoms with Gasteiger partial charge in [0.05, 0.1) is 16.6 Å². The van der Waals surface area contributed by atoms with Crippen LogP contribution in [0.25, 0.3) is 0 Å². The van der Waals surface area contributed by atoms with E-state index in [4.69, 9.17) is 4.74 Å². The van der Waals surface area contributed by atoms with E-state index in [9.17, 15) is 9.18 Å². The Labute approximate surface area is 113 Å². The van der Waals surface area contributed by atoms with Gasteiger partial charge in [0.15, 0.2) is 0 Å². The summed E-state index contributed by atoms with van der Waals surface area (Å²) in [5.41, 5.74) is 0.421. The molecule has 1 aliphatic heterocycles. The number of carbonyl (C=O) groups excluding carboxylic acids is 1. The van der Waals surface area contributed by atoms with Crippen LogP contribution in [0.5, 0.6) is 0 Å². The molecule has 18 heavy (non-hydrogen) atoms. The van der Waals surface area contributed by atoms with Crippen molar-refractivity contribution in [1.29, 1.82) is 0 Å². The van der Waals surface area contributed by atoms with Crippen LogP contribution in [0.3, 0.4) is 0 Å². The molecule has 2 atom stereocenters. The standard InChI is InChI=1S/C12H14BrFN2O2/c1-18-11-6-15-5-10(11)16-12(17)7-2-3-9(14)8(13)4-7/h2-4,10-11,15H,5-6H2,1H3,(H,16,17). The summed E-state index contributed by atoms with van der Waals surface area (Å²) in [5, 5.41) is 6.01. The Morgan fingerprint density at radius 2 is 2.33 bits per heavy atom. The Balaban J connectivity index is 2.05. The highest BCUT2D eigenvalue weighted by Crippen LogP contribution is 2.17. The minimum absolute atomic E-state index is 0.0298. The van der Waals surface area contributed by atoms with Crippen LogP contribution in [0.2, 0.25) is 0 Å². The topological polar surface area (TPSA) is 50.4 Å². The van der Waals surface area contributed by atoms with Crippen molar-refractivity contribution in [2.24, 2.45) is 0 Å². The molecule has 0 bridgehead atoms. The lowest BCUT2D eigenvalue weighted by Gasteiger charge is -2.18. The van der Waals surface area contributed by atoms with Gasteiger partial charge in [-0.05, 0) is 34.1 Å². The van der Waals surface area contributed by atoms with Crippen molar-refractivity contribution in [2.75, 3.05) is 20.2 Å². The van der Waals surface area contributed by atoms with Crippen molar-refractivity contribution in [3.63, 3.8) is 0 Å². The maximum Gasteiger partial charge on any atom is 0.251 e. The van der Waals surface area contributed by atoms with Crippen LogP contribution < -0.4 is 10.6 Å². The first kappa shape index (κ1) is 13.5. The maximum absolute atomic E-state index is 13.1. The van der Waals surface area contributed by atoms with E-state index >= 15 is 0 Å². The second kappa shape index (κ2) is 5.77. The molecule has 0 saturated carbocycles. The van der Waals surface area contributed by atoms with Gasteiger partial charge in [-0.25, -0.2) is 4.39 Å². The largest absolute Gasteiger partial charge is 0.378 e. The predicted octanol–water partition coefficient (Wildman–Crippen LogP) is 1.30. The summed E-state index contributed by atoms with van der Waals surface area (Å²) < 4.78 is 18.6. The summed E-state index contributed by atoms with van der Waals surface area (Å²) in [6.07, 6.45) is -0.0298. The van der Waals surface area contributed by atoms with E-state index in [2.05, 4.69) is 26.6 Å². The third-order valence-electron chi connectivity index (χ3n) is 2.96. The van der Waals surface area contributed by atoms with Crippen molar-refractivity contribution in [3.05, 3.63) is 34.1 Å². The van der Waals surface area contributed by atoms with Gasteiger partial charge in [-0.1, -0.05) is 0 Å². The van der Waals surface area contributed by atoms with Gasteiger partial charge in [-0.2, -0.15) is 0 Å². The molecule has 0 spiro atoms. The molecule has 4 nitrogen and oxygen atoms in total. The Morgan fingerprint density at radius 3 is 3.00 bits per heavy atom. The molecular weight excluding hydrogens is 303 g/mol. The molecule has 98 valence electrons. The lowest BCUT2D eigenvalue weighted by atomic mass is 10.1. The van der Waals surface area contributed by atoms with Crippen LogP contribution in [0, 0.1) is 5.82 Å². The van der Waals surface area contributed by atoms with E-state index in [1.165, 1.54) is 18.2 Å². The van der Waals surface area contributed by atoms with Gasteiger partial charge in [-0.15, -0.1) is 0 Å². The smallest absolute Gasteiger partial charge is 0.251 e. The second-order valence-electron chi connectivity index (χ2n) is 4.14. The Bertz CT molecular complexity index is 456. The SMILES string of the molecule is COC1CNCC1NC(=O)c1ccc(F)c(Br)c1. The fraction of sp³-hybridized carbons (Fsp3) is 0.417. The van der Waals surface area contributed by atoms with Crippen LogP contribution in [-0.4, -0.2) is 38.3 Å². The van der Waals surface area contributed by atoms with E-state index in [-0.39, 0.29) is 28.3 Å². The van der Waals surface area contributed by atoms with Gasteiger partial charge in [0, 0.05) is 25.8 Å². The van der Waals surface area contributed by atoms with Crippen LogP contribution in [0.1, 0.15) is 10.4 Å². The monoisotopic (exact) mass is 316 g/mol. The van der Waals surface area contributed by atoms with E-state index in [0.29, 0.717) is 18.7 Å². The molecule has 2 unspecified atom stereocenters. The molecule has 1 heterocycles. The first-order valence-electron chi connectivity index (χ1n) is 5.61. The minimum atomic E-state index is -0.385. The predicted molar refractivity (Wildman–Crippen MR) is 69.0 cm³/mol. The molecule has 1 aliphatic rings. The van der Waals surface area contributed by atoms with Gasteiger partial charge >= 0.3 is 0 Å². The zero-order valence-electron chi connectivity index (χ0n) is 9.87. The number of benzene rings is 1. The number of hydrogen-bond acceptors (Lipinski definition) is 3. The molecule has 1 aromatic rings. The van der Waals surface area contributed by atoms with E-state index in [1.807, 2.05) is 0 Å². The zero-order valence-corrected chi connectivity index (χ0v) is 11.5. The quantitative estimate of drug-likeness (QED) is 0.884. The van der Waals surface area contributed by atoms with E-state index in [0.717, 1.165) is 0 Å². The zero-order chi connectivity index (χ0) is 13.1. The van der Waals surface area contributed by atoms with Crippen molar-refractivity contribution in [2.45, 2.75) is 12.1 Å². The lowest BCUT2D eigenvalue weighted by molar-refractivity contribution is 0.0780. The molecule has 1 aromatic carbocycles. The fourth-order valence-corrected chi connectivity index (χ4v) is 2.31. The molecular formula is C12H14BrFN2O2. The van der Waals surface area contributed by atoms with Crippen LogP contribution in [-0.2, 0) is 4.74 Å². The van der Waals surface area contributed by atoms with E-state index < -0.39 is 0 Å². The third-order valence-corrected chi connectivity index (χ3v) is 3.57. The summed E-state index contributed by atoms with van der Waals surface area (Å²) in [7, 11) is 1.62. The maximum atomic E-state index is 13.1. The second-order valence-corrected chi connectivity index (χ2v) is 5.00. The number of rotatable bonds is 3. The molecule has 0 aromatic heterocycles. The number of halogens is 2. The number of nitrogens with one attached hydrogen (secondary N) is 2. The Kier molecular flexibility index (Phi) is 4.31. The number of carbonyl (C=O) groups is 1. The van der Waals surface area contributed by atoms with Crippen molar-refractivity contribution >= 4 is 21.8 Å². The molecule has 0 radical (unpaired) electrons. The van der Waals surface area contributed by atoms with Crippen molar-refractivity contribution in [3.8, 4) is 0 Å². The molecule has 6 heteroatoms. The van der Waals surface area contributed by atoms with Gasteiger partial charge in [0.1, 0.15) is 5.82 Å². The van der Waals surface area contributed by atoms with E-state index in [1.54, 1.807) is 7.11 Å². The molecule has 0 aliphatic carbocycles. The summed E-state index contributed by atoms with van der Waals surface area (Å²) in [4.78, 5) is 12.0. The summed E-state index contributed by atoms with van der Waals surface area (Å²) in [5.74, 6) is -0.615. The average Bonchev–Trinajstić information content (AvgIpc) is 2.79. The lowest BCUT2D eigenvalue weighted by Crippen LogP contribution is -2.43. The third kappa shape index (κ3) is 2.88. The summed E-state index contributed by atoms with van der Waals surface area (Å²) in [6.45, 7) is 1.39. The number of amides is 1. The van der Waals surface area contributed by atoms with Gasteiger partial charge < -0.3 is 15.4 Å². The van der Waals surface area contributed by atoms with Gasteiger partial charge in [0.2, 0.25) is 0 Å². The van der Waals surface area contributed by atoms with Crippen molar-refractivity contribution in [1.82, 2.24) is 10.6 Å². The van der Waals surface area contributed by atoms with Crippen LogP contribution >= 0.6 is 15.9 Å². The van der Waals surface area contributed by atoms with Gasteiger partial charge in [0.25, 0.3) is 5.91 Å². The minimum Gasteiger partial charge on any atom is -0.378 e. The Hall–Kier alpha value is -0.980. The number of hydrogen-bond donors (Lipinski definition) is 2. The summed E-state index contributed by atoms with van der Waals surface area (Å²) in [6, 6.07) is 4.13. The molecule has 1 fully saturated rings. The first-order chi connectivity index (χ1) is 8.61. The fourth-order valence-electron chi connectivity index (χ4n) is 1.94. The highest BCUT2D eigenvalue weighted by atomic mass is 79.9. The highest BCUT2D eigenvalue weighted by molar-refractivity contribution is 9.10. The van der Waals surface area contributed by atoms with Crippen LogP contribution in [0.15, 0.2) is 22.7 Å². The molecule has 1 saturated heterocycles.